The summed E-state index contributed by atoms with van der Waals surface area (Å²) >= 11 is 0. The molecule has 0 bridgehead atoms. The van der Waals surface area contributed by atoms with Crippen molar-refractivity contribution in [1.29, 1.82) is 0 Å². The van der Waals surface area contributed by atoms with Gasteiger partial charge < -0.3 is 14.9 Å². The Morgan fingerprint density at radius 3 is 2.27 bits per heavy atom. The average molecular weight is 368 g/mol. The molecule has 1 aliphatic rings. The second-order valence-corrected chi connectivity index (χ2v) is 6.54. The van der Waals surface area contributed by atoms with Crippen molar-refractivity contribution in [1.82, 2.24) is 9.80 Å². The fraction of sp³-hybridized carbons (Fsp3) is 0.500. The minimum absolute atomic E-state index is 0.225. The van der Waals surface area contributed by atoms with E-state index in [9.17, 15) is 23.2 Å². The maximum Gasteiger partial charge on any atom is 0.306 e. The van der Waals surface area contributed by atoms with Gasteiger partial charge in [0, 0.05) is 25.7 Å². The minimum atomic E-state index is -1.06. The van der Waals surface area contributed by atoms with Crippen molar-refractivity contribution in [2.75, 3.05) is 26.7 Å². The van der Waals surface area contributed by atoms with Gasteiger partial charge in [0.05, 0.1) is 18.4 Å². The maximum atomic E-state index is 13.8. The van der Waals surface area contributed by atoms with Crippen LogP contribution in [-0.4, -0.2) is 59.4 Å². The van der Waals surface area contributed by atoms with E-state index in [-0.39, 0.29) is 18.0 Å². The fourth-order valence-electron chi connectivity index (χ4n) is 3.14. The molecular formula is C18H22F2N2O4. The lowest BCUT2D eigenvalue weighted by Crippen LogP contribution is -2.46. The van der Waals surface area contributed by atoms with E-state index in [4.69, 9.17) is 5.11 Å². The van der Waals surface area contributed by atoms with E-state index in [0.29, 0.717) is 25.9 Å². The molecule has 0 saturated carbocycles. The van der Waals surface area contributed by atoms with Crippen LogP contribution in [0.2, 0.25) is 0 Å². The van der Waals surface area contributed by atoms with Crippen molar-refractivity contribution >= 4 is 17.8 Å². The summed E-state index contributed by atoms with van der Waals surface area (Å²) in [5.74, 6) is -4.88. The van der Waals surface area contributed by atoms with Crippen LogP contribution in [0.1, 0.15) is 31.2 Å². The highest BCUT2D eigenvalue weighted by molar-refractivity contribution is 5.88. The molecule has 0 aliphatic carbocycles. The van der Waals surface area contributed by atoms with Crippen molar-refractivity contribution in [2.45, 2.75) is 25.7 Å². The second kappa shape index (κ2) is 8.25. The van der Waals surface area contributed by atoms with Crippen LogP contribution in [0.25, 0.3) is 0 Å². The van der Waals surface area contributed by atoms with Crippen LogP contribution in [0.3, 0.4) is 0 Å². The van der Waals surface area contributed by atoms with Crippen LogP contribution in [0, 0.1) is 17.6 Å². The van der Waals surface area contributed by atoms with E-state index in [0.717, 1.165) is 17.0 Å². The van der Waals surface area contributed by atoms with E-state index >= 15 is 0 Å². The van der Waals surface area contributed by atoms with Gasteiger partial charge in [0.15, 0.2) is 0 Å². The number of hydrogen-bond acceptors (Lipinski definition) is 3. The fourth-order valence-corrected chi connectivity index (χ4v) is 3.14. The summed E-state index contributed by atoms with van der Waals surface area (Å²) in [5.41, 5.74) is -0.320. The zero-order valence-electron chi connectivity index (χ0n) is 14.7. The quantitative estimate of drug-likeness (QED) is 0.860. The molecule has 1 atom stereocenters. The zero-order valence-corrected chi connectivity index (χ0v) is 14.7. The molecule has 142 valence electrons. The van der Waals surface area contributed by atoms with Gasteiger partial charge in [-0.3, -0.25) is 14.4 Å². The van der Waals surface area contributed by atoms with Gasteiger partial charge in [0.1, 0.15) is 11.6 Å². The Balaban J connectivity index is 1.96. The number of hydrogen-bond donors (Lipinski definition) is 1. The Bertz CT molecular complexity index is 682. The SMILES string of the molecule is CC(C(=O)N(C)CC(=O)N1CCC(C(=O)O)CC1)c1c(F)cccc1F. The van der Waals surface area contributed by atoms with Crippen molar-refractivity contribution in [2.24, 2.45) is 5.92 Å². The first-order valence-electron chi connectivity index (χ1n) is 8.41. The van der Waals surface area contributed by atoms with Gasteiger partial charge >= 0.3 is 5.97 Å². The summed E-state index contributed by atoms with van der Waals surface area (Å²) in [6, 6.07) is 3.39. The first-order valence-corrected chi connectivity index (χ1v) is 8.41. The molecule has 0 spiro atoms. The Morgan fingerprint density at radius 2 is 1.77 bits per heavy atom. The molecule has 1 aromatic carbocycles. The van der Waals surface area contributed by atoms with Gasteiger partial charge in [-0.2, -0.15) is 0 Å². The van der Waals surface area contributed by atoms with Crippen molar-refractivity contribution in [3.63, 3.8) is 0 Å². The van der Waals surface area contributed by atoms with Crippen LogP contribution < -0.4 is 0 Å². The summed E-state index contributed by atoms with van der Waals surface area (Å²) < 4.78 is 27.7. The molecule has 2 rings (SSSR count). The molecule has 1 heterocycles. The monoisotopic (exact) mass is 368 g/mol. The summed E-state index contributed by atoms with van der Waals surface area (Å²) in [6.07, 6.45) is 0.741. The lowest BCUT2D eigenvalue weighted by Gasteiger charge is -2.32. The van der Waals surface area contributed by atoms with E-state index in [1.54, 1.807) is 0 Å². The molecule has 0 radical (unpaired) electrons. The van der Waals surface area contributed by atoms with Crippen LogP contribution in [0.15, 0.2) is 18.2 Å². The third-order valence-corrected chi connectivity index (χ3v) is 4.75. The predicted molar refractivity (Wildman–Crippen MR) is 89.3 cm³/mol. The van der Waals surface area contributed by atoms with Gasteiger partial charge in [-0.25, -0.2) is 8.78 Å². The number of benzene rings is 1. The largest absolute Gasteiger partial charge is 0.481 e. The van der Waals surface area contributed by atoms with E-state index in [2.05, 4.69) is 0 Å². The molecule has 26 heavy (non-hydrogen) atoms. The van der Waals surface area contributed by atoms with Gasteiger partial charge in [0.25, 0.3) is 0 Å². The standard InChI is InChI=1S/C18H22F2N2O4/c1-11(16-13(19)4-3-5-14(16)20)17(24)21(2)10-15(23)22-8-6-12(7-9-22)18(25)26/h3-5,11-12H,6-10H2,1-2H3,(H,25,26). The summed E-state index contributed by atoms with van der Waals surface area (Å²) in [6.45, 7) is 1.80. The number of carbonyl (C=O) groups is 3. The normalized spacial score (nSPS) is 16.2. The van der Waals surface area contributed by atoms with Gasteiger partial charge in [-0.15, -0.1) is 0 Å². The maximum absolute atomic E-state index is 13.8. The van der Waals surface area contributed by atoms with Crippen molar-refractivity contribution in [3.8, 4) is 0 Å². The number of rotatable bonds is 5. The first-order chi connectivity index (χ1) is 12.2. The molecule has 1 saturated heterocycles. The number of carboxylic acids is 1. The lowest BCUT2D eigenvalue weighted by atomic mass is 9.97. The summed E-state index contributed by atoms with van der Waals surface area (Å²) in [4.78, 5) is 38.4. The Hall–Kier alpha value is -2.51. The molecule has 8 heteroatoms. The number of piperidine rings is 1. The van der Waals surface area contributed by atoms with E-state index in [1.165, 1.54) is 24.9 Å². The number of halogens is 2. The van der Waals surface area contributed by atoms with Gasteiger partial charge in [-0.05, 0) is 31.9 Å². The Labute approximate surface area is 150 Å². The highest BCUT2D eigenvalue weighted by Gasteiger charge is 2.30. The Kier molecular flexibility index (Phi) is 6.28. The van der Waals surface area contributed by atoms with E-state index in [1.807, 2.05) is 0 Å². The molecule has 6 nitrogen and oxygen atoms in total. The molecule has 1 fully saturated rings. The smallest absolute Gasteiger partial charge is 0.306 e. The van der Waals surface area contributed by atoms with Crippen molar-refractivity contribution in [3.05, 3.63) is 35.4 Å². The molecule has 1 unspecified atom stereocenters. The van der Waals surface area contributed by atoms with Crippen LogP contribution in [-0.2, 0) is 14.4 Å². The minimum Gasteiger partial charge on any atom is -0.481 e. The van der Waals surface area contributed by atoms with Crippen LogP contribution in [0.4, 0.5) is 8.78 Å². The highest BCUT2D eigenvalue weighted by atomic mass is 19.1. The van der Waals surface area contributed by atoms with Crippen molar-refractivity contribution < 1.29 is 28.3 Å². The molecule has 0 aromatic heterocycles. The second-order valence-electron chi connectivity index (χ2n) is 6.54. The van der Waals surface area contributed by atoms with Crippen LogP contribution >= 0.6 is 0 Å². The predicted octanol–water partition coefficient (Wildman–Crippen LogP) is 1.85. The molecule has 1 aromatic rings. The first kappa shape index (κ1) is 19.8. The van der Waals surface area contributed by atoms with E-state index < -0.39 is 35.3 Å². The molecule has 1 aliphatic heterocycles. The number of nitrogens with zero attached hydrogens (tertiary/aromatic N) is 2. The summed E-state index contributed by atoms with van der Waals surface area (Å²) in [7, 11) is 1.40. The highest BCUT2D eigenvalue weighted by Crippen LogP contribution is 2.24. The number of carbonyl (C=O) groups excluding carboxylic acids is 2. The Morgan fingerprint density at radius 1 is 1.23 bits per heavy atom. The number of likely N-dealkylation sites (tertiary alicyclic amines) is 1. The number of carboxylic acid groups (broad SMARTS) is 1. The topological polar surface area (TPSA) is 77.9 Å². The lowest BCUT2D eigenvalue weighted by molar-refractivity contribution is -0.146. The number of likely N-dealkylation sites (N-methyl/N-ethyl adjacent to an activating group) is 1. The number of aliphatic carboxylic acids is 1. The average Bonchev–Trinajstić information content (AvgIpc) is 2.60. The summed E-state index contributed by atoms with van der Waals surface area (Å²) in [5, 5.41) is 8.98. The molecule has 1 N–H and O–H groups in total. The molecule has 2 amide bonds. The third kappa shape index (κ3) is 4.36. The zero-order chi connectivity index (χ0) is 19.4. The van der Waals surface area contributed by atoms with Crippen LogP contribution in [0.5, 0.6) is 0 Å². The van der Waals surface area contributed by atoms with Gasteiger partial charge in [0.2, 0.25) is 11.8 Å². The van der Waals surface area contributed by atoms with Gasteiger partial charge in [-0.1, -0.05) is 6.07 Å². The third-order valence-electron chi connectivity index (χ3n) is 4.75. The molecular weight excluding hydrogens is 346 g/mol. The number of amides is 2.